The van der Waals surface area contributed by atoms with E-state index in [-0.39, 0.29) is 11.8 Å². The molecule has 36 heavy (non-hydrogen) atoms. The number of pyridine rings is 1. The first-order valence-electron chi connectivity index (χ1n) is 12.3. The normalized spacial score (nSPS) is 17.6. The van der Waals surface area contributed by atoms with Gasteiger partial charge < -0.3 is 19.3 Å². The van der Waals surface area contributed by atoms with Gasteiger partial charge in [-0.15, -0.1) is 0 Å². The molecule has 0 radical (unpaired) electrons. The number of fused-ring (bicyclic) bond motifs is 1. The molecule has 6 rings (SSSR count). The third-order valence-electron chi connectivity index (χ3n) is 6.96. The highest BCUT2D eigenvalue weighted by molar-refractivity contribution is 5.86. The summed E-state index contributed by atoms with van der Waals surface area (Å²) in [6, 6.07) is 10.5. The number of hydrogen-bond acceptors (Lipinski definition) is 8. The van der Waals surface area contributed by atoms with Gasteiger partial charge in [0.05, 0.1) is 19.5 Å². The van der Waals surface area contributed by atoms with Crippen LogP contribution in [0, 0.1) is 5.95 Å². The predicted molar refractivity (Wildman–Crippen MR) is 133 cm³/mol. The van der Waals surface area contributed by atoms with Gasteiger partial charge in [-0.25, -0.2) is 19.9 Å². The molecule has 0 bridgehead atoms. The fraction of sp³-hybridized carbons (Fsp3) is 0.385. The second-order valence-electron chi connectivity index (χ2n) is 9.34. The first kappa shape index (κ1) is 22.8. The van der Waals surface area contributed by atoms with Crippen molar-refractivity contribution in [1.29, 1.82) is 0 Å². The lowest BCUT2D eigenvalue weighted by molar-refractivity contribution is 0.122. The third-order valence-corrected chi connectivity index (χ3v) is 6.96. The van der Waals surface area contributed by atoms with Crippen molar-refractivity contribution < 1.29 is 14.2 Å². The predicted octanol–water partition coefficient (Wildman–Crippen LogP) is 3.41. The average molecular weight is 490 g/mol. The number of nitrogens with zero attached hydrogens (tertiary/aromatic N) is 7. The molecule has 3 aromatic heterocycles. The number of phenols is 1. The number of aromatic hydroxyl groups is 1. The van der Waals surface area contributed by atoms with Crippen LogP contribution in [-0.4, -0.2) is 73.9 Å². The maximum absolute atomic E-state index is 13.1. The molecular weight excluding hydrogens is 461 g/mol. The number of benzene rings is 1. The van der Waals surface area contributed by atoms with Crippen LogP contribution in [0.3, 0.4) is 0 Å². The number of anilines is 1. The summed E-state index contributed by atoms with van der Waals surface area (Å²) in [4.78, 5) is 22.9. The van der Waals surface area contributed by atoms with Gasteiger partial charge in [0.15, 0.2) is 22.8 Å². The lowest BCUT2D eigenvalue weighted by Gasteiger charge is -2.32. The van der Waals surface area contributed by atoms with E-state index in [2.05, 4.69) is 19.4 Å². The molecule has 0 amide bonds. The first-order valence-corrected chi connectivity index (χ1v) is 12.3. The Hall–Kier alpha value is -3.63. The molecule has 1 aromatic carbocycles. The van der Waals surface area contributed by atoms with Crippen LogP contribution >= 0.6 is 0 Å². The third kappa shape index (κ3) is 4.61. The van der Waals surface area contributed by atoms with Crippen molar-refractivity contribution in [2.45, 2.75) is 25.4 Å². The lowest BCUT2D eigenvalue weighted by atomic mass is 10.0. The lowest BCUT2D eigenvalue weighted by Crippen LogP contribution is -2.37. The Morgan fingerprint density at radius 2 is 1.83 bits per heavy atom. The zero-order valence-electron chi connectivity index (χ0n) is 19.9. The van der Waals surface area contributed by atoms with Gasteiger partial charge in [-0.3, -0.25) is 4.90 Å². The Morgan fingerprint density at radius 3 is 2.58 bits per heavy atom. The smallest absolute Gasteiger partial charge is 0.212 e. The summed E-state index contributed by atoms with van der Waals surface area (Å²) in [5.74, 6) is 1.11. The number of halogens is 1. The number of phenolic OH excluding ortho intramolecular Hbond substituents is 1. The van der Waals surface area contributed by atoms with Crippen molar-refractivity contribution in [3.05, 3.63) is 60.4 Å². The second-order valence-corrected chi connectivity index (χ2v) is 9.34. The Bertz CT molecular complexity index is 1350. The van der Waals surface area contributed by atoms with Crippen molar-refractivity contribution in [3.8, 4) is 17.1 Å². The summed E-state index contributed by atoms with van der Waals surface area (Å²) in [5, 5.41) is 10.0. The van der Waals surface area contributed by atoms with Crippen molar-refractivity contribution in [2.75, 3.05) is 44.3 Å². The van der Waals surface area contributed by atoms with E-state index in [4.69, 9.17) is 19.7 Å². The van der Waals surface area contributed by atoms with Crippen LogP contribution in [0.1, 0.15) is 24.4 Å². The Morgan fingerprint density at radius 1 is 1.00 bits per heavy atom. The second kappa shape index (κ2) is 9.79. The zero-order chi connectivity index (χ0) is 24.5. The van der Waals surface area contributed by atoms with Gasteiger partial charge in [0.25, 0.3) is 0 Å². The fourth-order valence-corrected chi connectivity index (χ4v) is 5.05. The average Bonchev–Trinajstić information content (AvgIpc) is 3.34. The Balaban J connectivity index is 1.29. The van der Waals surface area contributed by atoms with Gasteiger partial charge in [-0.2, -0.15) is 4.39 Å². The van der Waals surface area contributed by atoms with Crippen LogP contribution in [0.25, 0.3) is 22.6 Å². The number of imidazole rings is 1. The van der Waals surface area contributed by atoms with E-state index in [0.29, 0.717) is 19.0 Å². The number of rotatable bonds is 5. The van der Waals surface area contributed by atoms with E-state index in [9.17, 15) is 9.50 Å². The molecule has 5 heterocycles. The first-order chi connectivity index (χ1) is 17.6. The van der Waals surface area contributed by atoms with Crippen LogP contribution in [0.2, 0.25) is 0 Å². The molecule has 0 unspecified atom stereocenters. The molecule has 0 saturated carbocycles. The van der Waals surface area contributed by atoms with Crippen LogP contribution < -0.4 is 4.90 Å². The quantitative estimate of drug-likeness (QED) is 0.427. The fourth-order valence-electron chi connectivity index (χ4n) is 5.05. The molecule has 0 aliphatic carbocycles. The van der Waals surface area contributed by atoms with Crippen LogP contribution in [-0.2, 0) is 11.3 Å². The van der Waals surface area contributed by atoms with Crippen molar-refractivity contribution in [3.63, 3.8) is 0 Å². The van der Waals surface area contributed by atoms with Gasteiger partial charge >= 0.3 is 0 Å². The van der Waals surface area contributed by atoms with Crippen LogP contribution in [0.4, 0.5) is 10.2 Å². The molecular formula is C26H28FN7O2. The van der Waals surface area contributed by atoms with E-state index >= 15 is 0 Å². The van der Waals surface area contributed by atoms with E-state index in [1.165, 1.54) is 6.07 Å². The summed E-state index contributed by atoms with van der Waals surface area (Å²) in [5.41, 5.74) is 3.38. The van der Waals surface area contributed by atoms with Gasteiger partial charge in [0.2, 0.25) is 5.95 Å². The SMILES string of the molecule is Oc1cccc(-c2nc(N3CCOCC3)c3ncn(C4CCN(Cc5ccc(F)nc5)CC4)c3n2)c1. The highest BCUT2D eigenvalue weighted by Crippen LogP contribution is 2.32. The molecule has 2 saturated heterocycles. The molecule has 0 atom stereocenters. The minimum atomic E-state index is -0.451. The van der Waals surface area contributed by atoms with Crippen LogP contribution in [0.15, 0.2) is 48.9 Å². The molecule has 10 heteroatoms. The minimum Gasteiger partial charge on any atom is -0.508 e. The van der Waals surface area contributed by atoms with E-state index in [1.54, 1.807) is 30.5 Å². The molecule has 1 N–H and O–H groups in total. The minimum absolute atomic E-state index is 0.182. The summed E-state index contributed by atoms with van der Waals surface area (Å²) in [6.07, 6.45) is 5.41. The molecule has 2 fully saturated rings. The monoisotopic (exact) mass is 489 g/mol. The van der Waals surface area contributed by atoms with Gasteiger partial charge in [0, 0.05) is 50.5 Å². The van der Waals surface area contributed by atoms with E-state index in [0.717, 1.165) is 73.7 Å². The van der Waals surface area contributed by atoms with Gasteiger partial charge in [-0.1, -0.05) is 18.2 Å². The van der Waals surface area contributed by atoms with E-state index < -0.39 is 5.95 Å². The Labute approximate surface area is 208 Å². The maximum Gasteiger partial charge on any atom is 0.212 e. The zero-order valence-corrected chi connectivity index (χ0v) is 19.9. The summed E-state index contributed by atoms with van der Waals surface area (Å²) in [6.45, 7) is 5.39. The van der Waals surface area contributed by atoms with Crippen molar-refractivity contribution in [1.82, 2.24) is 29.4 Å². The number of morpholine rings is 1. The number of likely N-dealkylation sites (tertiary alicyclic amines) is 1. The summed E-state index contributed by atoms with van der Waals surface area (Å²) >= 11 is 0. The molecule has 4 aromatic rings. The van der Waals surface area contributed by atoms with Crippen molar-refractivity contribution >= 4 is 17.0 Å². The van der Waals surface area contributed by atoms with E-state index in [1.807, 2.05) is 12.4 Å². The Kier molecular flexibility index (Phi) is 6.20. The van der Waals surface area contributed by atoms with Crippen molar-refractivity contribution in [2.24, 2.45) is 0 Å². The number of piperidine rings is 1. The topological polar surface area (TPSA) is 92.4 Å². The largest absolute Gasteiger partial charge is 0.508 e. The van der Waals surface area contributed by atoms with Gasteiger partial charge in [-0.05, 0) is 36.6 Å². The number of hydrogen-bond donors (Lipinski definition) is 1. The maximum atomic E-state index is 13.1. The highest BCUT2D eigenvalue weighted by Gasteiger charge is 2.26. The molecule has 2 aliphatic rings. The number of ether oxygens (including phenoxy) is 1. The van der Waals surface area contributed by atoms with Gasteiger partial charge in [0.1, 0.15) is 5.75 Å². The molecule has 186 valence electrons. The molecule has 9 nitrogen and oxygen atoms in total. The summed E-state index contributed by atoms with van der Waals surface area (Å²) in [7, 11) is 0. The molecule has 2 aliphatic heterocycles. The standard InChI is InChI=1S/C26H28FN7O2/c27-22-5-4-18(15-28-22)16-32-8-6-20(7-9-32)34-17-29-23-25(33-10-12-36-13-11-33)30-24(31-26(23)34)19-2-1-3-21(35)14-19/h1-5,14-15,17,20,35H,6-13,16H2. The molecule has 0 spiro atoms. The highest BCUT2D eigenvalue weighted by atomic mass is 19.1. The summed E-state index contributed by atoms with van der Waals surface area (Å²) < 4.78 is 20.9. The van der Waals surface area contributed by atoms with Crippen LogP contribution in [0.5, 0.6) is 5.75 Å². The number of aromatic nitrogens is 5.